The second kappa shape index (κ2) is 3.85. The molecule has 0 aromatic rings. The first kappa shape index (κ1) is 9.45. The minimum Gasteiger partial charge on any atom is -0.298 e. The number of likely N-dealkylation sites (tertiary alicyclic amines) is 1. The van der Waals surface area contributed by atoms with Crippen molar-refractivity contribution in [2.24, 2.45) is 0 Å². The molecule has 1 heterocycles. The maximum atomic E-state index is 11.2. The standard InChI is InChI=1S/C8H14INO/c1-6-8(11)4-3-7(5-9)10(6)2/h6-7H,3-5H2,1-2H3. The summed E-state index contributed by atoms with van der Waals surface area (Å²) in [7, 11) is 2.05. The number of ketones is 1. The van der Waals surface area contributed by atoms with E-state index in [9.17, 15) is 4.79 Å². The van der Waals surface area contributed by atoms with E-state index in [2.05, 4.69) is 27.5 Å². The molecule has 3 heteroatoms. The van der Waals surface area contributed by atoms with Gasteiger partial charge in [0.2, 0.25) is 0 Å². The topological polar surface area (TPSA) is 20.3 Å². The number of alkyl halides is 1. The summed E-state index contributed by atoms with van der Waals surface area (Å²) in [5.74, 6) is 0.397. The normalized spacial score (nSPS) is 34.3. The molecule has 0 aromatic carbocycles. The van der Waals surface area contributed by atoms with Gasteiger partial charge in [-0.1, -0.05) is 22.6 Å². The van der Waals surface area contributed by atoms with Gasteiger partial charge < -0.3 is 0 Å². The first-order chi connectivity index (χ1) is 5.16. The minimum absolute atomic E-state index is 0.142. The number of nitrogens with zero attached hydrogens (tertiary/aromatic N) is 1. The van der Waals surface area contributed by atoms with E-state index in [-0.39, 0.29) is 6.04 Å². The molecule has 1 rings (SSSR count). The molecule has 0 aromatic heterocycles. The molecule has 0 radical (unpaired) electrons. The summed E-state index contributed by atoms with van der Waals surface area (Å²) in [6.45, 7) is 2.00. The number of hydrogen-bond donors (Lipinski definition) is 0. The highest BCUT2D eigenvalue weighted by Crippen LogP contribution is 2.19. The van der Waals surface area contributed by atoms with Gasteiger partial charge in [0.15, 0.2) is 0 Å². The lowest BCUT2D eigenvalue weighted by Crippen LogP contribution is -2.48. The number of rotatable bonds is 1. The summed E-state index contributed by atoms with van der Waals surface area (Å²) in [4.78, 5) is 13.4. The van der Waals surface area contributed by atoms with Gasteiger partial charge in [0.05, 0.1) is 6.04 Å². The molecule has 1 aliphatic heterocycles. The molecular weight excluding hydrogens is 253 g/mol. The maximum Gasteiger partial charge on any atom is 0.149 e. The van der Waals surface area contributed by atoms with Gasteiger partial charge in [-0.05, 0) is 20.4 Å². The zero-order valence-electron chi connectivity index (χ0n) is 7.01. The number of Topliss-reactive ketones (excluding diaryl/α,β-unsaturated/α-hetero) is 1. The second-order valence-corrected chi connectivity index (χ2v) is 4.04. The molecule has 2 atom stereocenters. The highest BCUT2D eigenvalue weighted by atomic mass is 127. The van der Waals surface area contributed by atoms with E-state index in [0.29, 0.717) is 11.8 Å². The Kier molecular flexibility index (Phi) is 3.30. The highest BCUT2D eigenvalue weighted by molar-refractivity contribution is 14.1. The predicted octanol–water partition coefficient (Wildman–Crippen LogP) is 1.47. The van der Waals surface area contributed by atoms with Crippen molar-refractivity contribution in [3.8, 4) is 0 Å². The van der Waals surface area contributed by atoms with Crippen LogP contribution in [-0.4, -0.2) is 34.2 Å². The van der Waals surface area contributed by atoms with E-state index >= 15 is 0 Å². The smallest absolute Gasteiger partial charge is 0.149 e. The third-order valence-electron chi connectivity index (χ3n) is 2.55. The Balaban J connectivity index is 2.59. The number of carbonyl (C=O) groups excluding carboxylic acids is 1. The summed E-state index contributed by atoms with van der Waals surface area (Å²) in [6.07, 6.45) is 1.82. The third-order valence-corrected chi connectivity index (χ3v) is 3.57. The van der Waals surface area contributed by atoms with Crippen LogP contribution in [0.25, 0.3) is 0 Å². The van der Waals surface area contributed by atoms with Crippen LogP contribution in [0.3, 0.4) is 0 Å². The molecule has 64 valence electrons. The SMILES string of the molecule is CC1C(=O)CCC(CI)N1C. The third kappa shape index (κ3) is 1.93. The van der Waals surface area contributed by atoms with Crippen LogP contribution in [-0.2, 0) is 4.79 Å². The Morgan fingerprint density at radius 3 is 2.91 bits per heavy atom. The fourth-order valence-electron chi connectivity index (χ4n) is 1.45. The molecule has 1 saturated heterocycles. The van der Waals surface area contributed by atoms with Gasteiger partial charge in [0.25, 0.3) is 0 Å². The van der Waals surface area contributed by atoms with Crippen molar-refractivity contribution in [3.05, 3.63) is 0 Å². The van der Waals surface area contributed by atoms with E-state index in [4.69, 9.17) is 0 Å². The number of piperidine rings is 1. The van der Waals surface area contributed by atoms with Crippen molar-refractivity contribution >= 4 is 28.4 Å². The van der Waals surface area contributed by atoms with E-state index < -0.39 is 0 Å². The van der Waals surface area contributed by atoms with Crippen molar-refractivity contribution in [3.63, 3.8) is 0 Å². The molecule has 0 N–H and O–H groups in total. The van der Waals surface area contributed by atoms with Crippen LogP contribution in [0, 0.1) is 0 Å². The van der Waals surface area contributed by atoms with Gasteiger partial charge in [-0.15, -0.1) is 0 Å². The minimum atomic E-state index is 0.142. The van der Waals surface area contributed by atoms with Crippen LogP contribution < -0.4 is 0 Å². The molecular formula is C8H14INO. The Labute approximate surface area is 81.5 Å². The quantitative estimate of drug-likeness (QED) is 0.529. The average molecular weight is 267 g/mol. The summed E-state index contributed by atoms with van der Waals surface area (Å²) in [5, 5.41) is 0. The van der Waals surface area contributed by atoms with Crippen LogP contribution in [0.4, 0.5) is 0 Å². The lowest BCUT2D eigenvalue weighted by Gasteiger charge is -2.35. The molecule has 0 bridgehead atoms. The number of halogens is 1. The van der Waals surface area contributed by atoms with Gasteiger partial charge in [0.1, 0.15) is 5.78 Å². The Bertz CT molecular complexity index is 160. The van der Waals surface area contributed by atoms with Gasteiger partial charge in [-0.3, -0.25) is 9.69 Å². The molecule has 0 amide bonds. The average Bonchev–Trinajstić information content (AvgIpc) is 2.01. The summed E-state index contributed by atoms with van der Waals surface area (Å²) in [5.41, 5.74) is 0. The van der Waals surface area contributed by atoms with Crippen LogP contribution in [0.5, 0.6) is 0 Å². The zero-order chi connectivity index (χ0) is 8.43. The Morgan fingerprint density at radius 1 is 1.73 bits per heavy atom. The van der Waals surface area contributed by atoms with E-state index in [1.54, 1.807) is 0 Å². The summed E-state index contributed by atoms with van der Waals surface area (Å²) in [6, 6.07) is 0.756. The van der Waals surface area contributed by atoms with E-state index in [0.717, 1.165) is 17.3 Å². The molecule has 0 saturated carbocycles. The molecule has 11 heavy (non-hydrogen) atoms. The van der Waals surface area contributed by atoms with Crippen molar-refractivity contribution in [2.45, 2.75) is 31.8 Å². The van der Waals surface area contributed by atoms with Crippen LogP contribution in [0.15, 0.2) is 0 Å². The largest absolute Gasteiger partial charge is 0.298 e. The molecule has 2 unspecified atom stereocenters. The van der Waals surface area contributed by atoms with Gasteiger partial charge >= 0.3 is 0 Å². The second-order valence-electron chi connectivity index (χ2n) is 3.15. The molecule has 1 aliphatic rings. The number of likely N-dealkylation sites (N-methyl/N-ethyl adjacent to an activating group) is 1. The van der Waals surface area contributed by atoms with E-state index in [1.807, 2.05) is 14.0 Å². The lowest BCUT2D eigenvalue weighted by atomic mass is 9.97. The van der Waals surface area contributed by atoms with Crippen molar-refractivity contribution < 1.29 is 4.79 Å². The summed E-state index contributed by atoms with van der Waals surface area (Å²) >= 11 is 2.39. The van der Waals surface area contributed by atoms with Crippen LogP contribution in [0.1, 0.15) is 19.8 Å². The zero-order valence-corrected chi connectivity index (χ0v) is 9.17. The first-order valence-corrected chi connectivity index (χ1v) is 5.50. The van der Waals surface area contributed by atoms with E-state index in [1.165, 1.54) is 0 Å². The fraction of sp³-hybridized carbons (Fsp3) is 0.875. The fourth-order valence-corrected chi connectivity index (χ4v) is 2.51. The monoisotopic (exact) mass is 267 g/mol. The van der Waals surface area contributed by atoms with Gasteiger partial charge in [-0.25, -0.2) is 0 Å². The molecule has 2 nitrogen and oxygen atoms in total. The lowest BCUT2D eigenvalue weighted by molar-refractivity contribution is -0.126. The highest BCUT2D eigenvalue weighted by Gasteiger charge is 2.29. The predicted molar refractivity (Wildman–Crippen MR) is 54.1 cm³/mol. The summed E-state index contributed by atoms with van der Waals surface area (Å²) < 4.78 is 1.13. The Morgan fingerprint density at radius 2 is 2.36 bits per heavy atom. The first-order valence-electron chi connectivity index (χ1n) is 3.97. The van der Waals surface area contributed by atoms with Crippen molar-refractivity contribution in [2.75, 3.05) is 11.5 Å². The maximum absolute atomic E-state index is 11.2. The molecule has 1 fully saturated rings. The van der Waals surface area contributed by atoms with Crippen molar-refractivity contribution in [1.82, 2.24) is 4.90 Å². The van der Waals surface area contributed by atoms with Gasteiger partial charge in [0, 0.05) is 16.9 Å². The Hall–Kier alpha value is 0.360. The van der Waals surface area contributed by atoms with Crippen LogP contribution >= 0.6 is 22.6 Å². The molecule has 0 spiro atoms. The number of hydrogen-bond acceptors (Lipinski definition) is 2. The van der Waals surface area contributed by atoms with Gasteiger partial charge in [-0.2, -0.15) is 0 Å². The number of carbonyl (C=O) groups is 1. The van der Waals surface area contributed by atoms with Crippen molar-refractivity contribution in [1.29, 1.82) is 0 Å². The molecule has 0 aliphatic carbocycles. The van der Waals surface area contributed by atoms with Crippen LogP contribution in [0.2, 0.25) is 0 Å².